The number of aliphatic hydroxyl groups excluding tert-OH is 2. The largest absolute Gasteiger partial charge is 0.390 e. The van der Waals surface area contributed by atoms with E-state index in [1.807, 2.05) is 55.5 Å². The van der Waals surface area contributed by atoms with Gasteiger partial charge in [0.05, 0.1) is 24.9 Å². The Balaban J connectivity index is 1.34. The molecule has 2 aliphatic heterocycles. The zero-order valence-electron chi connectivity index (χ0n) is 20.6. The van der Waals surface area contributed by atoms with Gasteiger partial charge in [-0.15, -0.1) is 0 Å². The van der Waals surface area contributed by atoms with Crippen LogP contribution in [0.1, 0.15) is 28.6 Å². The van der Waals surface area contributed by atoms with Crippen LogP contribution in [0.25, 0.3) is 22.8 Å². The van der Waals surface area contributed by atoms with Crippen molar-refractivity contribution in [3.05, 3.63) is 76.1 Å². The van der Waals surface area contributed by atoms with Gasteiger partial charge in [0.1, 0.15) is 6.23 Å². The lowest BCUT2D eigenvalue weighted by atomic mass is 9.94. The van der Waals surface area contributed by atoms with Gasteiger partial charge in [-0.3, -0.25) is 15.0 Å². The number of ether oxygens (including phenoxy) is 1. The summed E-state index contributed by atoms with van der Waals surface area (Å²) in [6.07, 6.45) is 1.96. The Labute approximate surface area is 220 Å². The number of amides is 1. The lowest BCUT2D eigenvalue weighted by Gasteiger charge is -2.29. The Hall–Kier alpha value is -2.98. The second-order valence-electron chi connectivity index (χ2n) is 9.41. The number of benzene rings is 2. The van der Waals surface area contributed by atoms with Gasteiger partial charge in [0, 0.05) is 59.9 Å². The van der Waals surface area contributed by atoms with Crippen molar-refractivity contribution in [2.45, 2.75) is 19.3 Å². The Kier molecular flexibility index (Phi) is 7.76. The first-order chi connectivity index (χ1) is 17.9. The van der Waals surface area contributed by atoms with Crippen molar-refractivity contribution in [3.8, 4) is 11.1 Å². The first-order valence-corrected chi connectivity index (χ1v) is 12.8. The Bertz CT molecular complexity index is 1320. The molecule has 194 valence electrons. The van der Waals surface area contributed by atoms with E-state index in [4.69, 9.17) is 16.3 Å². The summed E-state index contributed by atoms with van der Waals surface area (Å²) < 4.78 is 5.34. The van der Waals surface area contributed by atoms with Crippen LogP contribution in [0.3, 0.4) is 0 Å². The van der Waals surface area contributed by atoms with E-state index in [0.29, 0.717) is 35.9 Å². The van der Waals surface area contributed by atoms with Crippen molar-refractivity contribution in [1.29, 1.82) is 0 Å². The second-order valence-corrected chi connectivity index (χ2v) is 9.85. The molecule has 5 N–H and O–H groups in total. The number of morpholine rings is 1. The number of anilines is 1. The number of fused-ring (bicyclic) bond motifs is 1. The molecule has 2 atom stereocenters. The molecule has 0 bridgehead atoms. The fraction of sp³-hybridized carbons (Fsp3) is 0.321. The number of H-pyrrole nitrogens is 1. The molecule has 2 unspecified atom stereocenters. The number of halogens is 1. The summed E-state index contributed by atoms with van der Waals surface area (Å²) in [6, 6.07) is 13.3. The van der Waals surface area contributed by atoms with Crippen molar-refractivity contribution in [2.75, 3.05) is 44.7 Å². The first-order valence-electron chi connectivity index (χ1n) is 12.4. The first kappa shape index (κ1) is 25.7. The third-order valence-corrected chi connectivity index (χ3v) is 7.12. The predicted octanol–water partition coefficient (Wildman–Crippen LogP) is 3.41. The van der Waals surface area contributed by atoms with Crippen molar-refractivity contribution >= 4 is 34.8 Å². The third kappa shape index (κ3) is 5.65. The van der Waals surface area contributed by atoms with Gasteiger partial charge in [0.2, 0.25) is 0 Å². The number of aliphatic hydroxyl groups is 2. The number of hydrogen-bond acceptors (Lipinski definition) is 6. The van der Waals surface area contributed by atoms with E-state index < -0.39 is 12.3 Å². The van der Waals surface area contributed by atoms with E-state index in [9.17, 15) is 15.0 Å². The lowest BCUT2D eigenvalue weighted by Crippen LogP contribution is -2.44. The van der Waals surface area contributed by atoms with Gasteiger partial charge in [-0.1, -0.05) is 35.9 Å². The summed E-state index contributed by atoms with van der Waals surface area (Å²) in [5.41, 5.74) is 6.12. The molecule has 1 saturated heterocycles. The fourth-order valence-corrected chi connectivity index (χ4v) is 5.08. The van der Waals surface area contributed by atoms with E-state index in [-0.39, 0.29) is 12.5 Å². The quantitative estimate of drug-likeness (QED) is 0.229. The predicted molar refractivity (Wildman–Crippen MR) is 145 cm³/mol. The Morgan fingerprint density at radius 2 is 1.97 bits per heavy atom. The molecule has 0 aliphatic carbocycles. The molecule has 5 rings (SSSR count). The number of aromatic amines is 1. The van der Waals surface area contributed by atoms with Gasteiger partial charge in [0.15, 0.2) is 0 Å². The van der Waals surface area contributed by atoms with Gasteiger partial charge in [0.25, 0.3) is 5.91 Å². The molecule has 0 spiro atoms. The molecule has 3 aromatic rings. The minimum Gasteiger partial charge on any atom is -0.390 e. The molecule has 1 fully saturated rings. The van der Waals surface area contributed by atoms with Crippen molar-refractivity contribution in [2.24, 2.45) is 0 Å². The maximum Gasteiger partial charge on any atom is 0.256 e. The number of rotatable bonds is 8. The van der Waals surface area contributed by atoms with E-state index in [2.05, 4.69) is 20.5 Å². The molecule has 0 radical (unpaired) electrons. The van der Waals surface area contributed by atoms with Gasteiger partial charge in [-0.25, -0.2) is 0 Å². The average Bonchev–Trinajstić information content (AvgIpc) is 3.42. The molecule has 2 aliphatic rings. The van der Waals surface area contributed by atoms with Crippen LogP contribution < -0.4 is 10.6 Å². The van der Waals surface area contributed by atoms with Crippen LogP contribution in [-0.2, 0) is 9.53 Å². The monoisotopic (exact) mass is 522 g/mol. The molecule has 37 heavy (non-hydrogen) atoms. The van der Waals surface area contributed by atoms with E-state index >= 15 is 0 Å². The summed E-state index contributed by atoms with van der Waals surface area (Å²) in [4.78, 5) is 18.3. The van der Waals surface area contributed by atoms with Gasteiger partial charge >= 0.3 is 0 Å². The average molecular weight is 523 g/mol. The molecular weight excluding hydrogens is 492 g/mol. The summed E-state index contributed by atoms with van der Waals surface area (Å²) in [6.45, 7) is 5.60. The van der Waals surface area contributed by atoms with Crippen molar-refractivity contribution < 1.29 is 19.7 Å². The highest BCUT2D eigenvalue weighted by molar-refractivity contribution is 6.36. The van der Waals surface area contributed by atoms with E-state index in [1.54, 1.807) is 6.20 Å². The Morgan fingerprint density at radius 1 is 1.19 bits per heavy atom. The van der Waals surface area contributed by atoms with Gasteiger partial charge in [-0.05, 0) is 47.9 Å². The minimum atomic E-state index is -0.963. The molecule has 0 saturated carbocycles. The number of carbonyl (C=O) groups excluding carboxylic acids is 1. The Morgan fingerprint density at radius 3 is 2.76 bits per heavy atom. The maximum absolute atomic E-state index is 13.0. The van der Waals surface area contributed by atoms with Crippen molar-refractivity contribution in [1.82, 2.24) is 15.2 Å². The number of hydrogen-bond donors (Lipinski definition) is 5. The lowest BCUT2D eigenvalue weighted by molar-refractivity contribution is -0.110. The van der Waals surface area contributed by atoms with Crippen LogP contribution in [0.5, 0.6) is 0 Å². The highest BCUT2D eigenvalue weighted by Gasteiger charge is 2.28. The van der Waals surface area contributed by atoms with Gasteiger partial charge < -0.3 is 25.3 Å². The molecule has 3 heterocycles. The standard InChI is InChI=1S/C28H31ClN4O4/c1-17-23(27(35)31-14-20(34)16-33-8-10-37-11-9-33)15-30-25(17)13-22-26-21(18-4-2-5-19(29)12-18)6-3-7-24(26)32-28(22)36/h2-7,12-13,15,20,27,30-31,34-35H,8-11,14,16H2,1H3,(H,32,36)/b22-13-. The van der Waals surface area contributed by atoms with Crippen molar-refractivity contribution in [3.63, 3.8) is 0 Å². The highest BCUT2D eigenvalue weighted by Crippen LogP contribution is 2.41. The topological polar surface area (TPSA) is 110 Å². The molecule has 1 aromatic heterocycles. The van der Waals surface area contributed by atoms with Crippen LogP contribution in [0.2, 0.25) is 5.02 Å². The van der Waals surface area contributed by atoms with E-state index in [1.165, 1.54) is 0 Å². The summed E-state index contributed by atoms with van der Waals surface area (Å²) in [7, 11) is 0. The number of aromatic nitrogens is 1. The van der Waals surface area contributed by atoms with Crippen LogP contribution in [0, 0.1) is 6.92 Å². The van der Waals surface area contributed by atoms with Crippen LogP contribution in [0.15, 0.2) is 48.7 Å². The summed E-state index contributed by atoms with van der Waals surface area (Å²) in [5.74, 6) is -0.190. The molecule has 1 amide bonds. The SMILES string of the molecule is Cc1c(C(O)NCC(O)CN2CCOCC2)c[nH]c1/C=C1\C(=O)Nc2cccc(-c3cccc(Cl)c3)c21. The van der Waals surface area contributed by atoms with Crippen LogP contribution in [0.4, 0.5) is 5.69 Å². The number of nitrogens with zero attached hydrogens (tertiary/aromatic N) is 1. The third-order valence-electron chi connectivity index (χ3n) is 6.89. The number of nitrogens with one attached hydrogen (secondary N) is 3. The second kappa shape index (κ2) is 11.2. The van der Waals surface area contributed by atoms with Crippen LogP contribution in [-0.4, -0.2) is 71.5 Å². The summed E-state index contributed by atoms with van der Waals surface area (Å²) >= 11 is 6.23. The number of β-amino-alcohol motifs (C(OH)–C–C–N with tert-alkyl or cyclic N) is 1. The highest BCUT2D eigenvalue weighted by atomic mass is 35.5. The molecular formula is C28H31ClN4O4. The molecule has 9 heteroatoms. The molecule has 8 nitrogen and oxygen atoms in total. The van der Waals surface area contributed by atoms with E-state index in [0.717, 1.165) is 46.7 Å². The summed E-state index contributed by atoms with van der Waals surface area (Å²) in [5, 5.41) is 27.8. The number of carbonyl (C=O) groups is 1. The normalized spacial score (nSPS) is 18.6. The smallest absolute Gasteiger partial charge is 0.256 e. The fourth-order valence-electron chi connectivity index (χ4n) is 4.89. The zero-order chi connectivity index (χ0) is 25.9. The zero-order valence-corrected chi connectivity index (χ0v) is 21.4. The molecule has 2 aromatic carbocycles. The minimum absolute atomic E-state index is 0.190. The van der Waals surface area contributed by atoms with Gasteiger partial charge in [-0.2, -0.15) is 0 Å². The van der Waals surface area contributed by atoms with Crippen LogP contribution >= 0.6 is 11.6 Å². The maximum atomic E-state index is 13.0.